The highest BCUT2D eigenvalue weighted by Gasteiger charge is 2.30. The van der Waals surface area contributed by atoms with Crippen LogP contribution in [0.25, 0.3) is 5.69 Å². The average molecular weight is 315 g/mol. The molecule has 1 fully saturated rings. The topological polar surface area (TPSA) is 84.7 Å². The van der Waals surface area contributed by atoms with Crippen molar-refractivity contribution in [2.75, 3.05) is 19.7 Å². The Morgan fingerprint density at radius 3 is 2.74 bits per heavy atom. The van der Waals surface area contributed by atoms with Gasteiger partial charge in [0, 0.05) is 12.2 Å². The maximum absolute atomic E-state index is 12.6. The number of carbonyl (C=O) groups excluding carboxylic acids is 1. The summed E-state index contributed by atoms with van der Waals surface area (Å²) in [5.41, 5.74) is 2.01. The maximum Gasteiger partial charge on any atom is 0.334 e. The lowest BCUT2D eigenvalue weighted by Crippen LogP contribution is -2.48. The number of rotatable bonds is 3. The Kier molecular flexibility index (Phi) is 4.12. The van der Waals surface area contributed by atoms with E-state index >= 15 is 0 Å². The number of ether oxygens (including phenoxy) is 1. The van der Waals surface area contributed by atoms with Gasteiger partial charge in [0.25, 0.3) is 5.91 Å². The van der Waals surface area contributed by atoms with Gasteiger partial charge in [0.05, 0.1) is 18.8 Å². The molecule has 1 N–H and O–H groups in total. The van der Waals surface area contributed by atoms with E-state index in [-0.39, 0.29) is 19.1 Å². The van der Waals surface area contributed by atoms with Gasteiger partial charge >= 0.3 is 5.97 Å². The molecule has 0 spiro atoms. The van der Waals surface area contributed by atoms with Gasteiger partial charge in [-0.2, -0.15) is 5.10 Å². The van der Waals surface area contributed by atoms with Crippen molar-refractivity contribution in [3.63, 3.8) is 0 Å². The molecule has 1 amide bonds. The standard InChI is InChI=1S/C16H17N3O4/c1-11-9-13(17-19(11)12-5-3-2-4-6-12)15(20)18-7-8-23-14(10-18)16(21)22/h2-6,9,14H,7-8,10H2,1H3,(H,21,22). The van der Waals surface area contributed by atoms with Gasteiger partial charge in [-0.25, -0.2) is 9.48 Å². The minimum Gasteiger partial charge on any atom is -0.479 e. The molecule has 1 aliphatic rings. The van der Waals surface area contributed by atoms with Crippen molar-refractivity contribution >= 4 is 11.9 Å². The lowest BCUT2D eigenvalue weighted by atomic mass is 10.2. The zero-order chi connectivity index (χ0) is 16.4. The molecule has 1 aliphatic heterocycles. The molecular weight excluding hydrogens is 298 g/mol. The number of aryl methyl sites for hydroxylation is 1. The second-order valence-electron chi connectivity index (χ2n) is 5.37. The second-order valence-corrected chi connectivity index (χ2v) is 5.37. The van der Waals surface area contributed by atoms with Crippen LogP contribution in [0.3, 0.4) is 0 Å². The Balaban J connectivity index is 1.82. The number of hydrogen-bond acceptors (Lipinski definition) is 4. The molecule has 7 nitrogen and oxygen atoms in total. The van der Waals surface area contributed by atoms with Crippen LogP contribution >= 0.6 is 0 Å². The normalized spacial score (nSPS) is 18.0. The molecule has 7 heteroatoms. The van der Waals surface area contributed by atoms with Crippen molar-refractivity contribution in [2.24, 2.45) is 0 Å². The van der Waals surface area contributed by atoms with Gasteiger partial charge in [0.15, 0.2) is 11.8 Å². The quantitative estimate of drug-likeness (QED) is 0.917. The Hall–Kier alpha value is -2.67. The summed E-state index contributed by atoms with van der Waals surface area (Å²) in [7, 11) is 0. The first kappa shape index (κ1) is 15.2. The molecule has 0 saturated carbocycles. The largest absolute Gasteiger partial charge is 0.479 e. The summed E-state index contributed by atoms with van der Waals surface area (Å²) < 4.78 is 6.83. The minimum atomic E-state index is -1.06. The number of hydrogen-bond donors (Lipinski definition) is 1. The minimum absolute atomic E-state index is 0.0331. The SMILES string of the molecule is Cc1cc(C(=O)N2CCOC(C(=O)O)C2)nn1-c1ccccc1. The van der Waals surface area contributed by atoms with Crippen molar-refractivity contribution in [3.05, 3.63) is 47.8 Å². The highest BCUT2D eigenvalue weighted by molar-refractivity contribution is 5.93. The molecule has 0 radical (unpaired) electrons. The fraction of sp³-hybridized carbons (Fsp3) is 0.312. The van der Waals surface area contributed by atoms with Gasteiger partial charge in [0.2, 0.25) is 0 Å². The number of amides is 1. The summed E-state index contributed by atoms with van der Waals surface area (Å²) in [4.78, 5) is 25.1. The number of carboxylic acid groups (broad SMARTS) is 1. The zero-order valence-corrected chi connectivity index (χ0v) is 12.7. The molecule has 3 rings (SSSR count). The van der Waals surface area contributed by atoms with Gasteiger partial charge in [-0.05, 0) is 25.1 Å². The van der Waals surface area contributed by atoms with Gasteiger partial charge in [-0.15, -0.1) is 0 Å². The van der Waals surface area contributed by atoms with Crippen LogP contribution in [-0.2, 0) is 9.53 Å². The van der Waals surface area contributed by atoms with Crippen LogP contribution in [0.15, 0.2) is 36.4 Å². The molecule has 1 saturated heterocycles. The number of aliphatic carboxylic acids is 1. The van der Waals surface area contributed by atoms with E-state index < -0.39 is 12.1 Å². The molecule has 1 atom stereocenters. The van der Waals surface area contributed by atoms with Crippen molar-refractivity contribution in [2.45, 2.75) is 13.0 Å². The van der Waals surface area contributed by atoms with E-state index in [0.717, 1.165) is 11.4 Å². The van der Waals surface area contributed by atoms with Crippen LogP contribution in [0, 0.1) is 6.92 Å². The lowest BCUT2D eigenvalue weighted by molar-refractivity contribution is -0.154. The first-order valence-corrected chi connectivity index (χ1v) is 7.32. The average Bonchev–Trinajstić information content (AvgIpc) is 2.97. The van der Waals surface area contributed by atoms with Crippen molar-refractivity contribution in [3.8, 4) is 5.69 Å². The third-order valence-corrected chi connectivity index (χ3v) is 3.74. The summed E-state index contributed by atoms with van der Waals surface area (Å²) in [6.45, 7) is 2.47. The first-order valence-electron chi connectivity index (χ1n) is 7.32. The number of benzene rings is 1. The third kappa shape index (κ3) is 3.09. The van der Waals surface area contributed by atoms with E-state index in [2.05, 4.69) is 5.10 Å². The molecule has 1 unspecified atom stereocenters. The van der Waals surface area contributed by atoms with E-state index in [9.17, 15) is 9.59 Å². The van der Waals surface area contributed by atoms with E-state index in [1.165, 1.54) is 4.90 Å². The molecule has 1 aromatic heterocycles. The van der Waals surface area contributed by atoms with Crippen LogP contribution < -0.4 is 0 Å². The fourth-order valence-electron chi connectivity index (χ4n) is 2.55. The van der Waals surface area contributed by atoms with Crippen LogP contribution in [0.4, 0.5) is 0 Å². The van der Waals surface area contributed by atoms with Crippen LogP contribution in [-0.4, -0.2) is 57.5 Å². The fourth-order valence-corrected chi connectivity index (χ4v) is 2.55. The first-order chi connectivity index (χ1) is 11.1. The highest BCUT2D eigenvalue weighted by Crippen LogP contribution is 2.15. The zero-order valence-electron chi connectivity index (χ0n) is 12.7. The number of morpholine rings is 1. The van der Waals surface area contributed by atoms with Gasteiger partial charge in [-0.3, -0.25) is 4.79 Å². The van der Waals surface area contributed by atoms with Crippen molar-refractivity contribution < 1.29 is 19.4 Å². The lowest BCUT2D eigenvalue weighted by Gasteiger charge is -2.30. The monoisotopic (exact) mass is 315 g/mol. The number of para-hydroxylation sites is 1. The number of nitrogens with zero attached hydrogens (tertiary/aromatic N) is 3. The molecule has 23 heavy (non-hydrogen) atoms. The highest BCUT2D eigenvalue weighted by atomic mass is 16.5. The smallest absolute Gasteiger partial charge is 0.334 e. The second kappa shape index (κ2) is 6.21. The van der Waals surface area contributed by atoms with E-state index in [1.807, 2.05) is 37.3 Å². The van der Waals surface area contributed by atoms with Crippen molar-refractivity contribution in [1.29, 1.82) is 0 Å². The molecular formula is C16H17N3O4. The van der Waals surface area contributed by atoms with Gasteiger partial charge < -0.3 is 14.7 Å². The Morgan fingerprint density at radius 1 is 1.30 bits per heavy atom. The molecule has 2 aromatic rings. The summed E-state index contributed by atoms with van der Waals surface area (Å²) in [6.07, 6.45) is -0.981. The number of carbonyl (C=O) groups is 2. The van der Waals surface area contributed by atoms with E-state index in [0.29, 0.717) is 12.2 Å². The summed E-state index contributed by atoms with van der Waals surface area (Å²) in [5, 5.41) is 13.4. The molecule has 0 aliphatic carbocycles. The van der Waals surface area contributed by atoms with E-state index in [4.69, 9.17) is 9.84 Å². The number of aromatic nitrogens is 2. The Bertz CT molecular complexity index is 726. The summed E-state index contributed by atoms with van der Waals surface area (Å²) >= 11 is 0. The predicted octanol–water partition coefficient (Wildman–Crippen LogP) is 1.11. The Morgan fingerprint density at radius 2 is 2.04 bits per heavy atom. The third-order valence-electron chi connectivity index (χ3n) is 3.74. The van der Waals surface area contributed by atoms with Gasteiger partial charge in [0.1, 0.15) is 0 Å². The van der Waals surface area contributed by atoms with E-state index in [1.54, 1.807) is 10.7 Å². The van der Waals surface area contributed by atoms with Gasteiger partial charge in [-0.1, -0.05) is 18.2 Å². The van der Waals surface area contributed by atoms with Crippen LogP contribution in [0.5, 0.6) is 0 Å². The molecule has 120 valence electrons. The maximum atomic E-state index is 12.6. The molecule has 0 bridgehead atoms. The van der Waals surface area contributed by atoms with Crippen LogP contribution in [0.1, 0.15) is 16.2 Å². The number of carboxylic acids is 1. The van der Waals surface area contributed by atoms with Crippen LogP contribution in [0.2, 0.25) is 0 Å². The predicted molar refractivity (Wildman–Crippen MR) is 81.6 cm³/mol. The summed E-state index contributed by atoms with van der Waals surface area (Å²) in [6, 6.07) is 11.2. The molecule has 1 aromatic carbocycles. The summed E-state index contributed by atoms with van der Waals surface area (Å²) in [5.74, 6) is -1.34. The Labute approximate surface area is 133 Å². The molecule has 2 heterocycles. The van der Waals surface area contributed by atoms with Crippen molar-refractivity contribution in [1.82, 2.24) is 14.7 Å².